The van der Waals surface area contributed by atoms with Crippen LogP contribution in [-0.4, -0.2) is 5.91 Å². The molecule has 0 heterocycles. The highest BCUT2D eigenvalue weighted by atomic mass is 16.1. The van der Waals surface area contributed by atoms with Gasteiger partial charge in [0, 0.05) is 12.1 Å². The van der Waals surface area contributed by atoms with E-state index in [0.717, 1.165) is 11.1 Å². The van der Waals surface area contributed by atoms with Crippen molar-refractivity contribution in [2.75, 3.05) is 0 Å². The Bertz CT molecular complexity index is 534. The Balaban J connectivity index is 2.04. The molecule has 0 aliphatic carbocycles. The Labute approximate surface area is 113 Å². The maximum Gasteiger partial charge on any atom is 0.251 e. The lowest BCUT2D eigenvalue weighted by atomic mass is 10.1. The molecule has 1 atom stereocenters. The summed E-state index contributed by atoms with van der Waals surface area (Å²) in [4.78, 5) is 12.1. The summed E-state index contributed by atoms with van der Waals surface area (Å²) in [5, 5.41) is 2.98. The number of benzene rings is 2. The second kappa shape index (κ2) is 6.16. The molecule has 2 aromatic carbocycles. The molecule has 3 nitrogen and oxygen atoms in total. The zero-order valence-corrected chi connectivity index (χ0v) is 11.0. The molecule has 98 valence electrons. The maximum absolute atomic E-state index is 12.1. The summed E-state index contributed by atoms with van der Waals surface area (Å²) >= 11 is 0. The standard InChI is InChI=1S/C16H18N2O/c1-12(14-5-3-2-4-6-14)18-16(19)15-9-7-13(11-17)8-10-15/h2-10,12H,11,17H2,1H3,(H,18,19)/t12-/m0/s1. The smallest absolute Gasteiger partial charge is 0.251 e. The molecule has 0 saturated carbocycles. The van der Waals surface area contributed by atoms with Crippen molar-refractivity contribution < 1.29 is 4.79 Å². The lowest BCUT2D eigenvalue weighted by molar-refractivity contribution is 0.0940. The SMILES string of the molecule is C[C@H](NC(=O)c1ccc(CN)cc1)c1ccccc1. The predicted octanol–water partition coefficient (Wildman–Crippen LogP) is 2.64. The fourth-order valence-corrected chi connectivity index (χ4v) is 1.90. The van der Waals surface area contributed by atoms with Crippen LogP contribution in [0.15, 0.2) is 54.6 Å². The van der Waals surface area contributed by atoms with Crippen molar-refractivity contribution in [3.05, 3.63) is 71.3 Å². The molecule has 2 aromatic rings. The number of hydrogen-bond donors (Lipinski definition) is 2. The van der Waals surface area contributed by atoms with Crippen LogP contribution < -0.4 is 11.1 Å². The summed E-state index contributed by atoms with van der Waals surface area (Å²) in [7, 11) is 0. The van der Waals surface area contributed by atoms with E-state index in [1.165, 1.54) is 0 Å². The number of carbonyl (C=O) groups excluding carboxylic acids is 1. The van der Waals surface area contributed by atoms with Gasteiger partial charge in [-0.3, -0.25) is 4.79 Å². The van der Waals surface area contributed by atoms with E-state index in [-0.39, 0.29) is 11.9 Å². The highest BCUT2D eigenvalue weighted by Crippen LogP contribution is 2.12. The van der Waals surface area contributed by atoms with Crippen LogP contribution in [-0.2, 0) is 6.54 Å². The fraction of sp³-hybridized carbons (Fsp3) is 0.188. The first kappa shape index (κ1) is 13.3. The van der Waals surface area contributed by atoms with Crippen LogP contribution in [0.4, 0.5) is 0 Å². The minimum atomic E-state index is -0.0695. The van der Waals surface area contributed by atoms with Crippen LogP contribution >= 0.6 is 0 Å². The quantitative estimate of drug-likeness (QED) is 0.881. The molecule has 1 amide bonds. The number of carbonyl (C=O) groups is 1. The van der Waals surface area contributed by atoms with Gasteiger partial charge in [0.2, 0.25) is 0 Å². The third kappa shape index (κ3) is 3.42. The van der Waals surface area contributed by atoms with Crippen molar-refractivity contribution in [2.24, 2.45) is 5.73 Å². The molecule has 0 bridgehead atoms. The third-order valence-electron chi connectivity index (χ3n) is 3.10. The molecule has 0 aliphatic heterocycles. The van der Waals surface area contributed by atoms with Gasteiger partial charge in [-0.05, 0) is 30.2 Å². The van der Waals surface area contributed by atoms with Crippen molar-refractivity contribution in [2.45, 2.75) is 19.5 Å². The minimum Gasteiger partial charge on any atom is -0.346 e. The molecule has 2 rings (SSSR count). The predicted molar refractivity (Wildman–Crippen MR) is 76.7 cm³/mol. The summed E-state index contributed by atoms with van der Waals surface area (Å²) in [5.74, 6) is -0.0695. The molecule has 0 fully saturated rings. The molecular formula is C16H18N2O. The topological polar surface area (TPSA) is 55.1 Å². The van der Waals surface area contributed by atoms with E-state index < -0.39 is 0 Å². The van der Waals surface area contributed by atoms with Gasteiger partial charge in [0.05, 0.1) is 6.04 Å². The normalized spacial score (nSPS) is 11.9. The molecule has 0 aromatic heterocycles. The Morgan fingerprint density at radius 1 is 1.11 bits per heavy atom. The van der Waals surface area contributed by atoms with Crippen LogP contribution in [0.1, 0.15) is 34.5 Å². The van der Waals surface area contributed by atoms with Crippen molar-refractivity contribution in [1.82, 2.24) is 5.32 Å². The van der Waals surface area contributed by atoms with Crippen LogP contribution in [0.5, 0.6) is 0 Å². The maximum atomic E-state index is 12.1. The van der Waals surface area contributed by atoms with Crippen molar-refractivity contribution in [3.8, 4) is 0 Å². The lowest BCUT2D eigenvalue weighted by Crippen LogP contribution is -2.26. The van der Waals surface area contributed by atoms with E-state index in [9.17, 15) is 4.79 Å². The molecule has 0 saturated heterocycles. The van der Waals surface area contributed by atoms with Gasteiger partial charge in [-0.15, -0.1) is 0 Å². The fourth-order valence-electron chi connectivity index (χ4n) is 1.90. The minimum absolute atomic E-state index is 0.0112. The molecule has 0 aliphatic rings. The van der Waals surface area contributed by atoms with Gasteiger partial charge in [-0.25, -0.2) is 0 Å². The van der Waals surface area contributed by atoms with Crippen molar-refractivity contribution in [1.29, 1.82) is 0 Å². The highest BCUT2D eigenvalue weighted by molar-refractivity contribution is 5.94. The first-order valence-corrected chi connectivity index (χ1v) is 6.35. The summed E-state index contributed by atoms with van der Waals surface area (Å²) < 4.78 is 0. The van der Waals surface area contributed by atoms with Crippen LogP contribution in [0.25, 0.3) is 0 Å². The summed E-state index contributed by atoms with van der Waals surface area (Å²) in [5.41, 5.74) is 8.30. The van der Waals surface area contributed by atoms with E-state index in [1.807, 2.05) is 49.4 Å². The number of rotatable bonds is 4. The molecule has 19 heavy (non-hydrogen) atoms. The largest absolute Gasteiger partial charge is 0.346 e. The van der Waals surface area contributed by atoms with Gasteiger partial charge in [0.1, 0.15) is 0 Å². The second-order valence-electron chi connectivity index (χ2n) is 4.51. The van der Waals surface area contributed by atoms with Crippen LogP contribution in [0, 0.1) is 0 Å². The average Bonchev–Trinajstić information content (AvgIpc) is 2.48. The first-order chi connectivity index (χ1) is 9.20. The number of hydrogen-bond acceptors (Lipinski definition) is 2. The molecule has 0 unspecified atom stereocenters. The van der Waals surface area contributed by atoms with Crippen molar-refractivity contribution in [3.63, 3.8) is 0 Å². The monoisotopic (exact) mass is 254 g/mol. The van der Waals surface area contributed by atoms with Gasteiger partial charge in [0.25, 0.3) is 5.91 Å². The second-order valence-corrected chi connectivity index (χ2v) is 4.51. The number of amides is 1. The van der Waals surface area contributed by atoms with E-state index in [4.69, 9.17) is 5.73 Å². The van der Waals surface area contributed by atoms with Crippen LogP contribution in [0.2, 0.25) is 0 Å². The van der Waals surface area contributed by atoms with Gasteiger partial charge < -0.3 is 11.1 Å². The number of nitrogens with one attached hydrogen (secondary N) is 1. The highest BCUT2D eigenvalue weighted by Gasteiger charge is 2.10. The number of nitrogens with two attached hydrogens (primary N) is 1. The molecular weight excluding hydrogens is 236 g/mol. The molecule has 0 radical (unpaired) electrons. The Morgan fingerprint density at radius 3 is 2.32 bits per heavy atom. The summed E-state index contributed by atoms with van der Waals surface area (Å²) in [6.07, 6.45) is 0. The zero-order valence-electron chi connectivity index (χ0n) is 11.0. The van der Waals surface area contributed by atoms with Gasteiger partial charge in [-0.1, -0.05) is 42.5 Å². The van der Waals surface area contributed by atoms with Gasteiger partial charge >= 0.3 is 0 Å². The molecule has 3 N–H and O–H groups in total. The Kier molecular flexibility index (Phi) is 4.31. The molecule has 3 heteroatoms. The average molecular weight is 254 g/mol. The zero-order chi connectivity index (χ0) is 13.7. The summed E-state index contributed by atoms with van der Waals surface area (Å²) in [6.45, 7) is 2.46. The van der Waals surface area contributed by atoms with Crippen molar-refractivity contribution >= 4 is 5.91 Å². The first-order valence-electron chi connectivity index (χ1n) is 6.35. The van der Waals surface area contributed by atoms with Gasteiger partial charge in [0.15, 0.2) is 0 Å². The third-order valence-corrected chi connectivity index (χ3v) is 3.10. The Hall–Kier alpha value is -2.13. The Morgan fingerprint density at radius 2 is 1.74 bits per heavy atom. The summed E-state index contributed by atoms with van der Waals surface area (Å²) in [6, 6.07) is 17.2. The molecule has 0 spiro atoms. The lowest BCUT2D eigenvalue weighted by Gasteiger charge is -2.14. The van der Waals surface area contributed by atoms with Crippen LogP contribution in [0.3, 0.4) is 0 Å². The van der Waals surface area contributed by atoms with E-state index in [1.54, 1.807) is 12.1 Å². The van der Waals surface area contributed by atoms with Gasteiger partial charge in [-0.2, -0.15) is 0 Å². The van der Waals surface area contributed by atoms with E-state index >= 15 is 0 Å². The van der Waals surface area contributed by atoms with E-state index in [0.29, 0.717) is 12.1 Å². The van der Waals surface area contributed by atoms with E-state index in [2.05, 4.69) is 5.32 Å².